The second-order valence-corrected chi connectivity index (χ2v) is 9.07. The fourth-order valence-corrected chi connectivity index (χ4v) is 3.88. The Balaban J connectivity index is 1.69. The Labute approximate surface area is 220 Å². The molecule has 0 N–H and O–H groups in total. The van der Waals surface area contributed by atoms with E-state index in [9.17, 15) is 14.9 Å². The Morgan fingerprint density at radius 3 is 2.65 bits per heavy atom. The third-order valence-electron chi connectivity index (χ3n) is 5.62. The van der Waals surface area contributed by atoms with Crippen molar-refractivity contribution in [1.29, 1.82) is 0 Å². The summed E-state index contributed by atoms with van der Waals surface area (Å²) < 4.78 is 13.6. The van der Waals surface area contributed by atoms with E-state index in [2.05, 4.69) is 26.0 Å². The summed E-state index contributed by atoms with van der Waals surface area (Å²) in [6, 6.07) is 13.3. The molecule has 0 aliphatic carbocycles. The molecule has 0 unspecified atom stereocenters. The van der Waals surface area contributed by atoms with E-state index in [1.807, 2.05) is 32.9 Å². The number of hydrogen-bond acceptors (Lipinski definition) is 8. The molecule has 4 aromatic rings. The average molecular weight is 566 g/mol. The van der Waals surface area contributed by atoms with Crippen molar-refractivity contribution in [2.75, 3.05) is 6.61 Å². The van der Waals surface area contributed by atoms with E-state index in [1.54, 1.807) is 30.5 Å². The number of nitrogens with zero attached hydrogens (tertiary/aromatic N) is 5. The quantitative estimate of drug-likeness (QED) is 0.137. The summed E-state index contributed by atoms with van der Waals surface area (Å²) in [6.45, 7) is 6.25. The van der Waals surface area contributed by atoms with Crippen LogP contribution in [0.5, 0.6) is 17.4 Å². The monoisotopic (exact) mass is 565 g/mol. The van der Waals surface area contributed by atoms with Gasteiger partial charge in [-0.3, -0.25) is 14.9 Å². The van der Waals surface area contributed by atoms with Crippen LogP contribution in [0.4, 0.5) is 5.69 Å². The third-order valence-corrected chi connectivity index (χ3v) is 6.12. The zero-order valence-electron chi connectivity index (χ0n) is 20.4. The van der Waals surface area contributed by atoms with Crippen LogP contribution < -0.4 is 15.0 Å². The van der Waals surface area contributed by atoms with E-state index in [0.717, 1.165) is 17.1 Å². The van der Waals surface area contributed by atoms with Gasteiger partial charge in [0.05, 0.1) is 28.6 Å². The van der Waals surface area contributed by atoms with Crippen LogP contribution in [0.3, 0.4) is 0 Å². The fourth-order valence-electron chi connectivity index (χ4n) is 3.51. The first-order valence-electron chi connectivity index (χ1n) is 11.6. The second kappa shape index (κ2) is 11.3. The van der Waals surface area contributed by atoms with Crippen LogP contribution in [0.2, 0.25) is 0 Å². The minimum atomic E-state index is -0.529. The summed E-state index contributed by atoms with van der Waals surface area (Å²) in [5, 5.41) is 15.8. The van der Waals surface area contributed by atoms with Crippen molar-refractivity contribution >= 4 is 38.7 Å². The highest BCUT2D eigenvalue weighted by atomic mass is 79.9. The van der Waals surface area contributed by atoms with Crippen LogP contribution in [0.25, 0.3) is 10.9 Å². The van der Waals surface area contributed by atoms with Gasteiger partial charge in [-0.1, -0.05) is 29.8 Å². The van der Waals surface area contributed by atoms with Gasteiger partial charge in [0.15, 0.2) is 11.5 Å². The van der Waals surface area contributed by atoms with E-state index in [-0.39, 0.29) is 23.0 Å². The normalized spacial score (nSPS) is 12.1. The molecule has 190 valence electrons. The molecule has 1 atom stereocenters. The van der Waals surface area contributed by atoms with Crippen molar-refractivity contribution in [3.8, 4) is 17.4 Å². The highest BCUT2D eigenvalue weighted by Gasteiger charge is 2.16. The molecule has 2 aromatic carbocycles. The molecule has 4 rings (SSSR count). The second-order valence-electron chi connectivity index (χ2n) is 8.16. The van der Waals surface area contributed by atoms with Crippen molar-refractivity contribution in [3.63, 3.8) is 0 Å². The maximum absolute atomic E-state index is 13.3. The number of fused-ring (bicyclic) bond motifs is 1. The molecule has 0 amide bonds. The van der Waals surface area contributed by atoms with Crippen molar-refractivity contribution in [2.45, 2.75) is 33.1 Å². The number of halogens is 1. The molecular weight excluding hydrogens is 542 g/mol. The van der Waals surface area contributed by atoms with E-state index >= 15 is 0 Å². The van der Waals surface area contributed by atoms with Crippen LogP contribution in [0.1, 0.15) is 44.5 Å². The molecular formula is C26H24BrN5O5. The summed E-state index contributed by atoms with van der Waals surface area (Å²) in [7, 11) is 0. The SMILES string of the molecule is CCOc1cc(C=Nn2c([C@@H](C)CC)nc3ccc(Br)cc3c2=O)ccc1Oc1ccc([N+](=O)[O-])cn1. The van der Waals surface area contributed by atoms with Gasteiger partial charge in [0, 0.05) is 22.5 Å². The van der Waals surface area contributed by atoms with E-state index in [1.165, 1.54) is 16.8 Å². The van der Waals surface area contributed by atoms with Gasteiger partial charge in [-0.05, 0) is 55.3 Å². The largest absolute Gasteiger partial charge is 0.490 e. The zero-order chi connectivity index (χ0) is 26.5. The van der Waals surface area contributed by atoms with Gasteiger partial charge in [-0.25, -0.2) is 9.97 Å². The number of benzene rings is 2. The predicted octanol–water partition coefficient (Wildman–Crippen LogP) is 6.05. The highest BCUT2D eigenvalue weighted by molar-refractivity contribution is 9.10. The maximum atomic E-state index is 13.3. The Morgan fingerprint density at radius 2 is 1.97 bits per heavy atom. The highest BCUT2D eigenvalue weighted by Crippen LogP contribution is 2.32. The van der Waals surface area contributed by atoms with Crippen LogP contribution in [0, 0.1) is 10.1 Å². The Hall–Kier alpha value is -4.12. The number of rotatable bonds is 9. The lowest BCUT2D eigenvalue weighted by atomic mass is 10.1. The van der Waals surface area contributed by atoms with Gasteiger partial charge in [0.1, 0.15) is 12.0 Å². The lowest BCUT2D eigenvalue weighted by Gasteiger charge is -2.14. The van der Waals surface area contributed by atoms with Crippen molar-refractivity contribution in [2.24, 2.45) is 5.10 Å². The molecule has 0 radical (unpaired) electrons. The molecule has 10 nitrogen and oxygen atoms in total. The molecule has 37 heavy (non-hydrogen) atoms. The standard InChI is InChI=1S/C26H24BrN5O5/c1-4-16(3)25-30-21-9-7-18(27)13-20(21)26(33)31(25)29-14-17-6-10-22(23(12-17)36-5-2)37-24-11-8-19(15-28-24)32(34)35/h6-16H,4-5H2,1-3H3/t16-/m0/s1. The molecule has 0 bridgehead atoms. The topological polar surface area (TPSA) is 122 Å². The third kappa shape index (κ3) is 5.83. The number of ether oxygens (including phenoxy) is 2. The number of pyridine rings is 1. The number of aromatic nitrogens is 3. The fraction of sp³-hybridized carbons (Fsp3) is 0.231. The number of nitro groups is 1. The molecule has 0 saturated heterocycles. The summed E-state index contributed by atoms with van der Waals surface area (Å²) >= 11 is 3.42. The van der Waals surface area contributed by atoms with Gasteiger partial charge in [0.2, 0.25) is 5.88 Å². The summed E-state index contributed by atoms with van der Waals surface area (Å²) in [5.41, 5.74) is 0.900. The van der Waals surface area contributed by atoms with Gasteiger partial charge in [-0.2, -0.15) is 9.78 Å². The lowest BCUT2D eigenvalue weighted by molar-refractivity contribution is -0.385. The van der Waals surface area contributed by atoms with Crippen LogP contribution in [0.15, 0.2) is 69.1 Å². The van der Waals surface area contributed by atoms with Crippen LogP contribution >= 0.6 is 15.9 Å². The molecule has 0 spiro atoms. The van der Waals surface area contributed by atoms with E-state index in [4.69, 9.17) is 14.5 Å². The van der Waals surface area contributed by atoms with Crippen molar-refractivity contribution in [1.82, 2.24) is 14.6 Å². The first kappa shape index (κ1) is 26.0. The predicted molar refractivity (Wildman–Crippen MR) is 144 cm³/mol. The molecule has 0 fully saturated rings. The summed E-state index contributed by atoms with van der Waals surface area (Å²) in [4.78, 5) is 32.3. The Morgan fingerprint density at radius 1 is 1.16 bits per heavy atom. The van der Waals surface area contributed by atoms with Gasteiger partial charge < -0.3 is 9.47 Å². The van der Waals surface area contributed by atoms with Crippen molar-refractivity contribution in [3.05, 3.63) is 91.1 Å². The van der Waals surface area contributed by atoms with Gasteiger partial charge in [0.25, 0.3) is 11.2 Å². The van der Waals surface area contributed by atoms with Crippen LogP contribution in [-0.4, -0.2) is 32.4 Å². The minimum Gasteiger partial charge on any atom is -0.490 e. The molecule has 2 heterocycles. The van der Waals surface area contributed by atoms with E-state index in [0.29, 0.717) is 40.4 Å². The zero-order valence-corrected chi connectivity index (χ0v) is 22.0. The first-order valence-corrected chi connectivity index (χ1v) is 12.4. The van der Waals surface area contributed by atoms with Crippen molar-refractivity contribution < 1.29 is 14.4 Å². The molecule has 0 aliphatic rings. The molecule has 11 heteroatoms. The lowest BCUT2D eigenvalue weighted by Crippen LogP contribution is -2.23. The number of hydrogen-bond donors (Lipinski definition) is 0. The minimum absolute atomic E-state index is 0.0156. The Kier molecular flexibility index (Phi) is 7.92. The first-order chi connectivity index (χ1) is 17.8. The molecule has 0 aliphatic heterocycles. The average Bonchev–Trinajstić information content (AvgIpc) is 2.89. The molecule has 2 aromatic heterocycles. The summed E-state index contributed by atoms with van der Waals surface area (Å²) in [6.07, 6.45) is 3.48. The smallest absolute Gasteiger partial charge is 0.287 e. The van der Waals surface area contributed by atoms with E-state index < -0.39 is 4.92 Å². The van der Waals surface area contributed by atoms with Gasteiger partial charge in [-0.15, -0.1) is 0 Å². The van der Waals surface area contributed by atoms with Crippen LogP contribution in [-0.2, 0) is 0 Å². The van der Waals surface area contributed by atoms with Gasteiger partial charge >= 0.3 is 0 Å². The molecule has 0 saturated carbocycles. The Bertz CT molecular complexity index is 1540. The summed E-state index contributed by atoms with van der Waals surface area (Å²) in [5.74, 6) is 1.59. The maximum Gasteiger partial charge on any atom is 0.287 e.